The molecule has 1 heterocycles. The number of fused-ring (bicyclic) bond motifs is 1. The van der Waals surface area contributed by atoms with Crippen molar-refractivity contribution in [1.29, 1.82) is 0 Å². The van der Waals surface area contributed by atoms with E-state index in [0.717, 1.165) is 31.5 Å². The molecule has 0 aliphatic carbocycles. The van der Waals surface area contributed by atoms with Gasteiger partial charge in [-0.3, -0.25) is 4.79 Å². The van der Waals surface area contributed by atoms with Gasteiger partial charge in [0.05, 0.1) is 0 Å². The maximum Gasteiger partial charge on any atom is 0.251 e. The Kier molecular flexibility index (Phi) is 4.93. The Labute approximate surface area is 114 Å². The first-order valence-electron chi connectivity index (χ1n) is 6.92. The van der Waals surface area contributed by atoms with Gasteiger partial charge in [0, 0.05) is 31.8 Å². The van der Waals surface area contributed by atoms with Crippen LogP contribution in [0.3, 0.4) is 0 Å². The maximum atomic E-state index is 12.0. The fourth-order valence-corrected chi connectivity index (χ4v) is 2.28. The average Bonchev–Trinajstić information content (AvgIpc) is 2.90. The topological polar surface area (TPSA) is 61.4 Å². The highest BCUT2D eigenvalue weighted by molar-refractivity contribution is 5.94. The van der Waals surface area contributed by atoms with Crippen LogP contribution >= 0.6 is 0 Å². The van der Waals surface area contributed by atoms with Crippen LogP contribution in [0.2, 0.25) is 0 Å². The van der Waals surface area contributed by atoms with Crippen LogP contribution in [0, 0.1) is 5.92 Å². The minimum absolute atomic E-state index is 0.00801. The highest BCUT2D eigenvalue weighted by Gasteiger charge is 2.13. The molecule has 0 saturated carbocycles. The molecule has 0 saturated heterocycles. The summed E-state index contributed by atoms with van der Waals surface area (Å²) >= 11 is 0. The van der Waals surface area contributed by atoms with E-state index in [1.165, 1.54) is 11.1 Å². The third-order valence-corrected chi connectivity index (χ3v) is 3.57. The molecule has 1 aromatic carbocycles. The summed E-state index contributed by atoms with van der Waals surface area (Å²) in [5.41, 5.74) is 3.24. The first-order valence-corrected chi connectivity index (χ1v) is 6.92. The average molecular weight is 262 g/mol. The van der Waals surface area contributed by atoms with E-state index < -0.39 is 0 Å². The molecule has 4 heteroatoms. The molecule has 0 bridgehead atoms. The Morgan fingerprint density at radius 1 is 1.42 bits per heavy atom. The molecule has 4 nitrogen and oxygen atoms in total. The van der Waals surface area contributed by atoms with Crippen LogP contribution in [0.15, 0.2) is 18.2 Å². The summed E-state index contributed by atoms with van der Waals surface area (Å²) in [7, 11) is 0. The summed E-state index contributed by atoms with van der Waals surface area (Å²) in [6, 6.07) is 5.89. The van der Waals surface area contributed by atoms with E-state index in [4.69, 9.17) is 5.11 Å². The SMILES string of the molecule is CC(CO)CCCNC(=O)c1ccc2c(c1)CNC2. The fraction of sp³-hybridized carbons (Fsp3) is 0.533. The van der Waals surface area contributed by atoms with Crippen LogP contribution in [-0.2, 0) is 13.1 Å². The van der Waals surface area contributed by atoms with E-state index in [1.54, 1.807) is 0 Å². The van der Waals surface area contributed by atoms with Crippen molar-refractivity contribution in [2.45, 2.75) is 32.9 Å². The second-order valence-electron chi connectivity index (χ2n) is 5.27. The van der Waals surface area contributed by atoms with Gasteiger partial charge in [-0.2, -0.15) is 0 Å². The van der Waals surface area contributed by atoms with Crippen molar-refractivity contribution in [2.75, 3.05) is 13.2 Å². The Morgan fingerprint density at radius 3 is 3.00 bits per heavy atom. The summed E-state index contributed by atoms with van der Waals surface area (Å²) < 4.78 is 0. The van der Waals surface area contributed by atoms with Crippen LogP contribution in [0.25, 0.3) is 0 Å². The molecule has 104 valence electrons. The van der Waals surface area contributed by atoms with Crippen molar-refractivity contribution in [2.24, 2.45) is 5.92 Å². The van der Waals surface area contributed by atoms with E-state index in [1.807, 2.05) is 25.1 Å². The molecule has 3 N–H and O–H groups in total. The highest BCUT2D eigenvalue weighted by atomic mass is 16.3. The van der Waals surface area contributed by atoms with Gasteiger partial charge in [0.25, 0.3) is 5.91 Å². The number of aliphatic hydroxyl groups excluding tert-OH is 1. The number of aliphatic hydroxyl groups is 1. The molecular formula is C15H22N2O2. The molecule has 1 aromatic rings. The predicted octanol–water partition coefficient (Wildman–Crippen LogP) is 1.43. The summed E-state index contributed by atoms with van der Waals surface area (Å²) in [5, 5.41) is 15.1. The molecule has 1 unspecified atom stereocenters. The Bertz CT molecular complexity index is 446. The summed E-state index contributed by atoms with van der Waals surface area (Å²) in [6.07, 6.45) is 1.84. The first-order chi connectivity index (χ1) is 9.20. The zero-order valence-electron chi connectivity index (χ0n) is 11.4. The van der Waals surface area contributed by atoms with Gasteiger partial charge in [-0.15, -0.1) is 0 Å². The lowest BCUT2D eigenvalue weighted by atomic mass is 10.1. The van der Waals surface area contributed by atoms with Crippen LogP contribution in [0.1, 0.15) is 41.3 Å². The molecule has 1 aliphatic rings. The van der Waals surface area contributed by atoms with E-state index in [9.17, 15) is 4.79 Å². The number of carbonyl (C=O) groups excluding carboxylic acids is 1. The van der Waals surface area contributed by atoms with Gasteiger partial charge in [0.2, 0.25) is 0 Å². The smallest absolute Gasteiger partial charge is 0.251 e. The molecule has 2 rings (SSSR count). The summed E-state index contributed by atoms with van der Waals surface area (Å²) in [6.45, 7) is 4.64. The molecule has 0 aromatic heterocycles. The van der Waals surface area contributed by atoms with Crippen molar-refractivity contribution in [3.8, 4) is 0 Å². The molecule has 0 radical (unpaired) electrons. The first kappa shape index (κ1) is 14.0. The van der Waals surface area contributed by atoms with Crippen molar-refractivity contribution in [3.05, 3.63) is 34.9 Å². The zero-order chi connectivity index (χ0) is 13.7. The Hall–Kier alpha value is -1.39. The van der Waals surface area contributed by atoms with Crippen molar-refractivity contribution in [3.63, 3.8) is 0 Å². The van der Waals surface area contributed by atoms with E-state index in [-0.39, 0.29) is 12.5 Å². The number of hydrogen-bond donors (Lipinski definition) is 3. The quantitative estimate of drug-likeness (QED) is 0.680. The lowest BCUT2D eigenvalue weighted by Crippen LogP contribution is -2.25. The van der Waals surface area contributed by atoms with E-state index >= 15 is 0 Å². The largest absolute Gasteiger partial charge is 0.396 e. The number of carbonyl (C=O) groups is 1. The Balaban J connectivity index is 1.80. The van der Waals surface area contributed by atoms with Crippen LogP contribution in [-0.4, -0.2) is 24.2 Å². The Morgan fingerprint density at radius 2 is 2.21 bits per heavy atom. The maximum absolute atomic E-state index is 12.0. The molecule has 0 fully saturated rings. The number of hydrogen-bond acceptors (Lipinski definition) is 3. The fourth-order valence-electron chi connectivity index (χ4n) is 2.28. The molecule has 19 heavy (non-hydrogen) atoms. The molecular weight excluding hydrogens is 240 g/mol. The van der Waals surface area contributed by atoms with Gasteiger partial charge in [0.1, 0.15) is 0 Å². The highest BCUT2D eigenvalue weighted by Crippen LogP contribution is 2.16. The number of amides is 1. The number of benzene rings is 1. The lowest BCUT2D eigenvalue weighted by Gasteiger charge is -2.09. The third-order valence-electron chi connectivity index (χ3n) is 3.57. The van der Waals surface area contributed by atoms with Crippen LogP contribution < -0.4 is 10.6 Å². The zero-order valence-corrected chi connectivity index (χ0v) is 11.4. The monoisotopic (exact) mass is 262 g/mol. The minimum Gasteiger partial charge on any atom is -0.396 e. The van der Waals surface area contributed by atoms with Crippen molar-refractivity contribution >= 4 is 5.91 Å². The predicted molar refractivity (Wildman–Crippen MR) is 74.8 cm³/mol. The minimum atomic E-state index is -0.00801. The number of nitrogens with one attached hydrogen (secondary N) is 2. The standard InChI is InChI=1S/C15H22N2O2/c1-11(10-18)3-2-6-17-15(19)12-4-5-13-8-16-9-14(13)7-12/h4-5,7,11,16,18H,2-3,6,8-10H2,1H3,(H,17,19). The van der Waals surface area contributed by atoms with E-state index in [2.05, 4.69) is 10.6 Å². The van der Waals surface area contributed by atoms with Gasteiger partial charge in [-0.1, -0.05) is 13.0 Å². The second kappa shape index (κ2) is 6.68. The van der Waals surface area contributed by atoms with E-state index in [0.29, 0.717) is 12.5 Å². The lowest BCUT2D eigenvalue weighted by molar-refractivity contribution is 0.0952. The van der Waals surface area contributed by atoms with Gasteiger partial charge in [-0.05, 0) is 42.0 Å². The van der Waals surface area contributed by atoms with Gasteiger partial charge < -0.3 is 15.7 Å². The normalized spacial score (nSPS) is 15.1. The summed E-state index contributed by atoms with van der Waals surface area (Å²) in [4.78, 5) is 12.0. The van der Waals surface area contributed by atoms with Crippen LogP contribution in [0.4, 0.5) is 0 Å². The van der Waals surface area contributed by atoms with Crippen LogP contribution in [0.5, 0.6) is 0 Å². The summed E-state index contributed by atoms with van der Waals surface area (Å²) in [5.74, 6) is 0.300. The van der Waals surface area contributed by atoms with Gasteiger partial charge in [-0.25, -0.2) is 0 Å². The van der Waals surface area contributed by atoms with Crippen molar-refractivity contribution < 1.29 is 9.90 Å². The van der Waals surface area contributed by atoms with Crippen molar-refractivity contribution in [1.82, 2.24) is 10.6 Å². The molecule has 1 aliphatic heterocycles. The van der Waals surface area contributed by atoms with Gasteiger partial charge >= 0.3 is 0 Å². The molecule has 1 amide bonds. The van der Waals surface area contributed by atoms with Gasteiger partial charge in [0.15, 0.2) is 0 Å². The molecule has 0 spiro atoms. The third kappa shape index (κ3) is 3.78. The second-order valence-corrected chi connectivity index (χ2v) is 5.27. The molecule has 1 atom stereocenters. The number of rotatable bonds is 6.